The quantitative estimate of drug-likeness (QED) is 0.890. The third-order valence-electron chi connectivity index (χ3n) is 3.89. The molecule has 0 spiro atoms. The molecule has 0 radical (unpaired) electrons. The maximum atomic E-state index is 12.0. The fourth-order valence-electron chi connectivity index (χ4n) is 2.76. The molecular formula is C14H21N3O3S. The van der Waals surface area contributed by atoms with Crippen LogP contribution in [-0.2, 0) is 10.0 Å². The summed E-state index contributed by atoms with van der Waals surface area (Å²) >= 11 is 0. The van der Waals surface area contributed by atoms with Crippen LogP contribution in [0.15, 0.2) is 29.4 Å². The van der Waals surface area contributed by atoms with Gasteiger partial charge in [-0.25, -0.2) is 14.5 Å². The Morgan fingerprint density at radius 2 is 2.10 bits per heavy atom. The Kier molecular flexibility index (Phi) is 5.17. The van der Waals surface area contributed by atoms with Crippen molar-refractivity contribution >= 4 is 16.1 Å². The fraction of sp³-hybridized carbons (Fsp3) is 0.571. The molecule has 0 saturated heterocycles. The molecule has 116 valence electrons. The van der Waals surface area contributed by atoms with Crippen LogP contribution >= 0.6 is 0 Å². The second kappa shape index (κ2) is 6.89. The molecule has 0 bridgehead atoms. The third-order valence-corrected chi connectivity index (χ3v) is 5.14. The van der Waals surface area contributed by atoms with Crippen molar-refractivity contribution in [3.8, 4) is 0 Å². The van der Waals surface area contributed by atoms with Crippen molar-refractivity contribution in [2.75, 3.05) is 0 Å². The van der Waals surface area contributed by atoms with E-state index in [0.717, 1.165) is 25.7 Å². The van der Waals surface area contributed by atoms with Crippen molar-refractivity contribution < 1.29 is 13.2 Å². The van der Waals surface area contributed by atoms with Gasteiger partial charge in [-0.1, -0.05) is 32.3 Å². The maximum absolute atomic E-state index is 12.0. The van der Waals surface area contributed by atoms with Crippen molar-refractivity contribution in [2.24, 2.45) is 5.92 Å². The SMILES string of the molecule is CCC1CCCCC1NC(=O)NS(=O)(=O)c1ccccn1. The van der Waals surface area contributed by atoms with E-state index in [1.165, 1.54) is 18.7 Å². The largest absolute Gasteiger partial charge is 0.334 e. The van der Waals surface area contributed by atoms with Gasteiger partial charge in [-0.3, -0.25) is 0 Å². The molecule has 1 saturated carbocycles. The normalized spacial score (nSPS) is 22.5. The van der Waals surface area contributed by atoms with Crippen molar-refractivity contribution in [1.82, 2.24) is 15.0 Å². The predicted molar refractivity (Wildman–Crippen MR) is 79.1 cm³/mol. The first-order chi connectivity index (χ1) is 10.0. The first-order valence-corrected chi connectivity index (χ1v) is 8.75. The summed E-state index contributed by atoms with van der Waals surface area (Å²) in [6, 6.07) is 3.90. The molecule has 2 unspecified atom stereocenters. The van der Waals surface area contributed by atoms with E-state index in [0.29, 0.717) is 5.92 Å². The van der Waals surface area contributed by atoms with E-state index < -0.39 is 16.1 Å². The molecular weight excluding hydrogens is 290 g/mol. The van der Waals surface area contributed by atoms with Crippen LogP contribution in [0, 0.1) is 5.92 Å². The van der Waals surface area contributed by atoms with E-state index in [2.05, 4.69) is 17.2 Å². The second-order valence-corrected chi connectivity index (χ2v) is 6.94. The van der Waals surface area contributed by atoms with E-state index in [1.807, 2.05) is 4.72 Å². The van der Waals surface area contributed by atoms with Gasteiger partial charge in [-0.15, -0.1) is 0 Å². The molecule has 6 nitrogen and oxygen atoms in total. The number of carbonyl (C=O) groups excluding carboxylic acids is 1. The number of urea groups is 1. The number of rotatable bonds is 4. The summed E-state index contributed by atoms with van der Waals surface area (Å²) in [5.74, 6) is 0.419. The van der Waals surface area contributed by atoms with Gasteiger partial charge < -0.3 is 5.32 Å². The minimum Gasteiger partial charge on any atom is -0.334 e. The Labute approximate surface area is 125 Å². The number of hydrogen-bond donors (Lipinski definition) is 2. The Morgan fingerprint density at radius 3 is 2.76 bits per heavy atom. The Balaban J connectivity index is 1.98. The number of pyridine rings is 1. The third kappa shape index (κ3) is 4.17. The topological polar surface area (TPSA) is 88.2 Å². The van der Waals surface area contributed by atoms with Gasteiger partial charge in [-0.2, -0.15) is 8.42 Å². The lowest BCUT2D eigenvalue weighted by Gasteiger charge is -2.31. The van der Waals surface area contributed by atoms with Gasteiger partial charge in [0.15, 0.2) is 5.03 Å². The summed E-state index contributed by atoms with van der Waals surface area (Å²) in [4.78, 5) is 15.7. The summed E-state index contributed by atoms with van der Waals surface area (Å²) in [6.45, 7) is 2.09. The molecule has 2 N–H and O–H groups in total. The molecule has 1 aromatic rings. The minimum atomic E-state index is -3.91. The van der Waals surface area contributed by atoms with Crippen LogP contribution in [-0.4, -0.2) is 25.5 Å². The zero-order chi connectivity index (χ0) is 15.3. The molecule has 0 aliphatic heterocycles. The molecule has 1 heterocycles. The summed E-state index contributed by atoms with van der Waals surface area (Å²) < 4.78 is 26.0. The number of aromatic nitrogens is 1. The Hall–Kier alpha value is -1.63. The summed E-state index contributed by atoms with van der Waals surface area (Å²) in [5, 5.41) is 2.63. The van der Waals surface area contributed by atoms with Gasteiger partial charge in [0.25, 0.3) is 10.0 Å². The standard InChI is InChI=1S/C14H21N3O3S/c1-2-11-7-3-4-8-12(11)16-14(18)17-21(19,20)13-9-5-6-10-15-13/h5-6,9-12H,2-4,7-8H2,1H3,(H2,16,17,18). The lowest BCUT2D eigenvalue weighted by molar-refractivity contribution is 0.220. The van der Waals surface area contributed by atoms with Crippen LogP contribution in [0.5, 0.6) is 0 Å². The molecule has 2 rings (SSSR count). The second-order valence-electron chi connectivity index (χ2n) is 5.31. The Morgan fingerprint density at radius 1 is 1.33 bits per heavy atom. The van der Waals surface area contributed by atoms with Crippen LogP contribution in [0.2, 0.25) is 0 Å². The van der Waals surface area contributed by atoms with Crippen LogP contribution in [0.4, 0.5) is 4.79 Å². The van der Waals surface area contributed by atoms with Crippen molar-refractivity contribution in [3.05, 3.63) is 24.4 Å². The average Bonchev–Trinajstić information content (AvgIpc) is 2.48. The lowest BCUT2D eigenvalue weighted by Crippen LogP contribution is -2.48. The predicted octanol–water partition coefficient (Wildman–Crippen LogP) is 2.04. The molecule has 1 aliphatic carbocycles. The van der Waals surface area contributed by atoms with Gasteiger partial charge in [0.05, 0.1) is 0 Å². The highest BCUT2D eigenvalue weighted by atomic mass is 32.2. The maximum Gasteiger partial charge on any atom is 0.328 e. The monoisotopic (exact) mass is 311 g/mol. The molecule has 21 heavy (non-hydrogen) atoms. The molecule has 1 fully saturated rings. The summed E-state index contributed by atoms with van der Waals surface area (Å²) in [5.41, 5.74) is 0. The van der Waals surface area contributed by atoms with Gasteiger partial charge in [0, 0.05) is 12.2 Å². The average molecular weight is 311 g/mol. The number of hydrogen-bond acceptors (Lipinski definition) is 4. The number of nitrogens with zero attached hydrogens (tertiary/aromatic N) is 1. The van der Waals surface area contributed by atoms with E-state index in [1.54, 1.807) is 12.1 Å². The van der Waals surface area contributed by atoms with Crippen molar-refractivity contribution in [2.45, 2.75) is 50.1 Å². The van der Waals surface area contributed by atoms with Gasteiger partial charge in [0.1, 0.15) is 0 Å². The van der Waals surface area contributed by atoms with Gasteiger partial charge >= 0.3 is 6.03 Å². The highest BCUT2D eigenvalue weighted by Gasteiger charge is 2.27. The molecule has 0 aromatic carbocycles. The first-order valence-electron chi connectivity index (χ1n) is 7.27. The first kappa shape index (κ1) is 15.8. The summed E-state index contributed by atoms with van der Waals surface area (Å²) in [7, 11) is -3.91. The zero-order valence-corrected chi connectivity index (χ0v) is 12.9. The highest BCUT2D eigenvalue weighted by molar-refractivity contribution is 7.90. The molecule has 1 aliphatic rings. The Bertz CT molecular complexity index is 574. The zero-order valence-electron chi connectivity index (χ0n) is 12.1. The van der Waals surface area contributed by atoms with E-state index >= 15 is 0 Å². The number of sulfonamides is 1. The van der Waals surface area contributed by atoms with E-state index in [-0.39, 0.29) is 11.1 Å². The highest BCUT2D eigenvalue weighted by Crippen LogP contribution is 2.26. The number of nitrogens with one attached hydrogen (secondary N) is 2. The lowest BCUT2D eigenvalue weighted by atomic mass is 9.83. The minimum absolute atomic E-state index is 0.0442. The molecule has 7 heteroatoms. The summed E-state index contributed by atoms with van der Waals surface area (Å²) in [6.07, 6.45) is 6.57. The van der Waals surface area contributed by atoms with E-state index in [4.69, 9.17) is 0 Å². The molecule has 2 atom stereocenters. The van der Waals surface area contributed by atoms with Crippen molar-refractivity contribution in [3.63, 3.8) is 0 Å². The molecule has 2 amide bonds. The molecule has 1 aromatic heterocycles. The number of carbonyl (C=O) groups is 1. The van der Waals surface area contributed by atoms with Crippen LogP contribution < -0.4 is 10.0 Å². The van der Waals surface area contributed by atoms with Crippen molar-refractivity contribution in [1.29, 1.82) is 0 Å². The van der Waals surface area contributed by atoms with Gasteiger partial charge in [0.2, 0.25) is 0 Å². The number of amides is 2. The van der Waals surface area contributed by atoms with Crippen LogP contribution in [0.25, 0.3) is 0 Å². The fourth-order valence-corrected chi connectivity index (χ4v) is 3.63. The van der Waals surface area contributed by atoms with Crippen LogP contribution in [0.3, 0.4) is 0 Å². The van der Waals surface area contributed by atoms with E-state index in [9.17, 15) is 13.2 Å². The smallest absolute Gasteiger partial charge is 0.328 e. The van der Waals surface area contributed by atoms with Gasteiger partial charge in [-0.05, 0) is 30.9 Å². The van der Waals surface area contributed by atoms with Crippen LogP contribution in [0.1, 0.15) is 39.0 Å².